The van der Waals surface area contributed by atoms with Crippen molar-refractivity contribution in [3.63, 3.8) is 0 Å². The molecule has 1 aliphatic heterocycles. The standard InChI is InChI=1S/C27H33N5O2S/c1-16(2)22-23(19-11-17(3)25-28-15-29-32(25)14-19)30-21-13-20(35-24(21)22)12-18-7-9-31(10-8-18)26(33)34-27(4,5)6/h7,11,13-16,30H,8-10,12H2,1-6H3. The summed E-state index contributed by atoms with van der Waals surface area (Å²) >= 11 is 1.87. The van der Waals surface area contributed by atoms with Gasteiger partial charge in [-0.1, -0.05) is 25.5 Å². The van der Waals surface area contributed by atoms with E-state index in [1.807, 2.05) is 36.6 Å². The fraction of sp³-hybridized carbons (Fsp3) is 0.444. The van der Waals surface area contributed by atoms with Crippen LogP contribution in [0, 0.1) is 6.92 Å². The Morgan fingerprint density at radius 3 is 2.77 bits per heavy atom. The summed E-state index contributed by atoms with van der Waals surface area (Å²) in [5, 5.41) is 4.35. The first-order valence-corrected chi connectivity index (χ1v) is 13.0. The zero-order valence-corrected chi connectivity index (χ0v) is 22.1. The zero-order valence-electron chi connectivity index (χ0n) is 21.3. The third-order valence-corrected chi connectivity index (χ3v) is 7.51. The van der Waals surface area contributed by atoms with E-state index in [4.69, 9.17) is 4.74 Å². The average molecular weight is 492 g/mol. The number of rotatable bonds is 4. The van der Waals surface area contributed by atoms with Crippen LogP contribution in [0.1, 0.15) is 63.0 Å². The van der Waals surface area contributed by atoms with Gasteiger partial charge in [0.15, 0.2) is 5.65 Å². The number of H-pyrrole nitrogens is 1. The first-order chi connectivity index (χ1) is 16.6. The summed E-state index contributed by atoms with van der Waals surface area (Å²) < 4.78 is 8.70. The van der Waals surface area contributed by atoms with Crippen LogP contribution in [0.3, 0.4) is 0 Å². The Bertz CT molecular complexity index is 1430. The molecule has 0 bridgehead atoms. The van der Waals surface area contributed by atoms with Gasteiger partial charge in [0, 0.05) is 36.1 Å². The lowest BCUT2D eigenvalue weighted by atomic mass is 9.99. The van der Waals surface area contributed by atoms with E-state index in [9.17, 15) is 4.79 Å². The third kappa shape index (κ3) is 4.72. The molecule has 5 heterocycles. The minimum atomic E-state index is -0.466. The molecule has 0 fully saturated rings. The van der Waals surface area contributed by atoms with Crippen molar-refractivity contribution in [2.45, 2.75) is 65.9 Å². The average Bonchev–Trinajstić information content (AvgIpc) is 3.47. The van der Waals surface area contributed by atoms with E-state index in [1.165, 1.54) is 26.2 Å². The Morgan fingerprint density at radius 2 is 2.09 bits per heavy atom. The predicted molar refractivity (Wildman–Crippen MR) is 141 cm³/mol. The van der Waals surface area contributed by atoms with E-state index in [0.29, 0.717) is 19.0 Å². The fourth-order valence-corrected chi connectivity index (χ4v) is 6.10. The normalized spacial score (nSPS) is 14.8. The van der Waals surface area contributed by atoms with E-state index in [1.54, 1.807) is 11.2 Å². The van der Waals surface area contributed by atoms with Crippen LogP contribution in [-0.2, 0) is 11.2 Å². The lowest BCUT2D eigenvalue weighted by molar-refractivity contribution is 0.0265. The van der Waals surface area contributed by atoms with Gasteiger partial charge in [-0.25, -0.2) is 14.3 Å². The number of hydrogen-bond donors (Lipinski definition) is 1. The van der Waals surface area contributed by atoms with Crippen LogP contribution in [0.15, 0.2) is 36.3 Å². The topological polar surface area (TPSA) is 75.5 Å². The van der Waals surface area contributed by atoms with Gasteiger partial charge in [-0.2, -0.15) is 5.10 Å². The van der Waals surface area contributed by atoms with Crippen LogP contribution in [0.25, 0.3) is 27.1 Å². The molecule has 1 N–H and O–H groups in total. The van der Waals surface area contributed by atoms with Crippen molar-refractivity contribution >= 4 is 33.3 Å². The number of pyridine rings is 1. The Hall–Kier alpha value is -3.13. The largest absolute Gasteiger partial charge is 0.444 e. The third-order valence-electron chi connectivity index (χ3n) is 6.34. The number of aromatic amines is 1. The molecule has 0 spiro atoms. The van der Waals surface area contributed by atoms with Gasteiger partial charge in [0.1, 0.15) is 11.9 Å². The van der Waals surface area contributed by atoms with Gasteiger partial charge < -0.3 is 14.6 Å². The van der Waals surface area contributed by atoms with Crippen molar-refractivity contribution in [3.05, 3.63) is 52.3 Å². The zero-order chi connectivity index (χ0) is 24.9. The minimum absolute atomic E-state index is 0.231. The first kappa shape index (κ1) is 23.6. The SMILES string of the molecule is Cc1cc(-c2[nH]c3cc(CC4=CCN(C(=O)OC(C)(C)C)CC4)sc3c2C(C)C)cn2ncnc12. The monoisotopic (exact) mass is 491 g/mol. The van der Waals surface area contributed by atoms with Gasteiger partial charge in [-0.05, 0) is 63.3 Å². The molecular weight excluding hydrogens is 458 g/mol. The molecule has 4 aromatic heterocycles. The summed E-state index contributed by atoms with van der Waals surface area (Å²) in [4.78, 5) is 23.5. The number of amides is 1. The molecule has 1 aliphatic rings. The van der Waals surface area contributed by atoms with Gasteiger partial charge in [0.25, 0.3) is 0 Å². The molecule has 7 nitrogen and oxygen atoms in total. The molecule has 1 amide bonds. The number of hydrogen-bond acceptors (Lipinski definition) is 5. The number of carbonyl (C=O) groups is 1. The maximum absolute atomic E-state index is 12.4. The number of carbonyl (C=O) groups excluding carboxylic acids is 1. The Labute approximate surface area is 209 Å². The van der Waals surface area contributed by atoms with E-state index in [0.717, 1.165) is 35.3 Å². The molecule has 0 saturated heterocycles. The summed E-state index contributed by atoms with van der Waals surface area (Å²) in [5.41, 5.74) is 7.75. The molecule has 5 rings (SSSR count). The van der Waals surface area contributed by atoms with E-state index in [2.05, 4.69) is 60.2 Å². The summed E-state index contributed by atoms with van der Waals surface area (Å²) in [7, 11) is 0. The van der Waals surface area contributed by atoms with Crippen molar-refractivity contribution in [2.24, 2.45) is 0 Å². The summed E-state index contributed by atoms with van der Waals surface area (Å²) in [6.07, 6.45) is 7.41. The number of nitrogens with zero attached hydrogens (tertiary/aromatic N) is 4. The highest BCUT2D eigenvalue weighted by molar-refractivity contribution is 7.19. The second-order valence-electron chi connectivity index (χ2n) is 10.7. The highest BCUT2D eigenvalue weighted by atomic mass is 32.1. The maximum atomic E-state index is 12.4. The molecule has 0 aromatic carbocycles. The highest BCUT2D eigenvalue weighted by Gasteiger charge is 2.24. The summed E-state index contributed by atoms with van der Waals surface area (Å²) in [5.74, 6) is 0.383. The van der Waals surface area contributed by atoms with Crippen LogP contribution >= 0.6 is 11.3 Å². The maximum Gasteiger partial charge on any atom is 0.410 e. The quantitative estimate of drug-likeness (QED) is 0.332. The molecule has 184 valence electrons. The number of aromatic nitrogens is 4. The smallest absolute Gasteiger partial charge is 0.410 e. The van der Waals surface area contributed by atoms with Crippen molar-refractivity contribution < 1.29 is 9.53 Å². The van der Waals surface area contributed by atoms with E-state index < -0.39 is 5.60 Å². The number of ether oxygens (including phenoxy) is 1. The highest BCUT2D eigenvalue weighted by Crippen LogP contribution is 2.40. The van der Waals surface area contributed by atoms with Gasteiger partial charge in [0.05, 0.1) is 15.9 Å². The van der Waals surface area contributed by atoms with Crippen LogP contribution in [-0.4, -0.2) is 49.3 Å². The molecule has 0 saturated carbocycles. The Balaban J connectivity index is 1.38. The van der Waals surface area contributed by atoms with Gasteiger partial charge in [0.2, 0.25) is 0 Å². The predicted octanol–water partition coefficient (Wildman–Crippen LogP) is 6.48. The molecule has 35 heavy (non-hydrogen) atoms. The van der Waals surface area contributed by atoms with Crippen LogP contribution in [0.5, 0.6) is 0 Å². The minimum Gasteiger partial charge on any atom is -0.444 e. The molecule has 4 aromatic rings. The number of fused-ring (bicyclic) bond motifs is 2. The van der Waals surface area contributed by atoms with Crippen molar-refractivity contribution in [3.8, 4) is 11.3 Å². The molecular formula is C27H33N5O2S. The van der Waals surface area contributed by atoms with Crippen LogP contribution < -0.4 is 0 Å². The van der Waals surface area contributed by atoms with E-state index >= 15 is 0 Å². The number of thiophene rings is 1. The van der Waals surface area contributed by atoms with Crippen LogP contribution in [0.2, 0.25) is 0 Å². The lowest BCUT2D eigenvalue weighted by Gasteiger charge is -2.29. The summed E-state index contributed by atoms with van der Waals surface area (Å²) in [6, 6.07) is 4.48. The second kappa shape index (κ2) is 8.82. The molecule has 8 heteroatoms. The molecule has 0 radical (unpaired) electrons. The van der Waals surface area contributed by atoms with Gasteiger partial charge >= 0.3 is 6.09 Å². The van der Waals surface area contributed by atoms with Gasteiger partial charge in [-0.15, -0.1) is 11.3 Å². The van der Waals surface area contributed by atoms with Crippen molar-refractivity contribution in [2.75, 3.05) is 13.1 Å². The van der Waals surface area contributed by atoms with Crippen molar-refractivity contribution in [1.29, 1.82) is 0 Å². The van der Waals surface area contributed by atoms with Crippen LogP contribution in [0.4, 0.5) is 4.79 Å². The Morgan fingerprint density at radius 1 is 1.29 bits per heavy atom. The molecule has 0 unspecified atom stereocenters. The lowest BCUT2D eigenvalue weighted by Crippen LogP contribution is -2.39. The first-order valence-electron chi connectivity index (χ1n) is 12.2. The second-order valence-corrected chi connectivity index (χ2v) is 11.8. The van der Waals surface area contributed by atoms with E-state index in [-0.39, 0.29) is 6.09 Å². The summed E-state index contributed by atoms with van der Waals surface area (Å²) in [6.45, 7) is 13.6. The van der Waals surface area contributed by atoms with Crippen molar-refractivity contribution in [1.82, 2.24) is 24.5 Å². The Kier molecular flexibility index (Phi) is 5.95. The van der Waals surface area contributed by atoms with Gasteiger partial charge in [-0.3, -0.25) is 0 Å². The number of aryl methyl sites for hydroxylation is 1. The molecule has 0 aliphatic carbocycles. The number of nitrogens with one attached hydrogen (secondary N) is 1. The molecule has 0 atom stereocenters. The fourth-order valence-electron chi connectivity index (χ4n) is 4.73.